The van der Waals surface area contributed by atoms with Crippen molar-refractivity contribution in [2.45, 2.75) is 136 Å². The van der Waals surface area contributed by atoms with Gasteiger partial charge in [0.15, 0.2) is 0 Å². The molecule has 4 saturated carbocycles. The van der Waals surface area contributed by atoms with Crippen molar-refractivity contribution in [1.29, 1.82) is 0 Å². The second kappa shape index (κ2) is 15.8. The van der Waals surface area contributed by atoms with E-state index in [0.29, 0.717) is 0 Å². The van der Waals surface area contributed by atoms with Gasteiger partial charge in [-0.2, -0.15) is 0 Å². The van der Waals surface area contributed by atoms with Gasteiger partial charge in [0.1, 0.15) is 0 Å². The van der Waals surface area contributed by atoms with Gasteiger partial charge in [0, 0.05) is 0 Å². The predicted octanol–water partition coefficient (Wildman–Crippen LogP) is 17.0. The van der Waals surface area contributed by atoms with Crippen LogP contribution < -0.4 is 0 Å². The van der Waals surface area contributed by atoms with Crippen molar-refractivity contribution in [3.8, 4) is 22.3 Å². The first kappa shape index (κ1) is 42.8. The van der Waals surface area contributed by atoms with Gasteiger partial charge < -0.3 is 0 Å². The van der Waals surface area contributed by atoms with E-state index in [4.69, 9.17) is 17.0 Å². The van der Waals surface area contributed by atoms with Gasteiger partial charge in [-0.15, -0.1) is 0 Å². The number of fused-ring (bicyclic) bond motifs is 6. The maximum atomic E-state index is 14.6. The number of benzene rings is 4. The summed E-state index contributed by atoms with van der Waals surface area (Å²) in [5.74, 6) is -0.979. The fourth-order valence-corrected chi connectivity index (χ4v) is 54.2. The summed E-state index contributed by atoms with van der Waals surface area (Å²) >= 11 is -5.71. The molecule has 0 saturated heterocycles. The zero-order valence-corrected chi connectivity index (χ0v) is 41.5. The Kier molecular flexibility index (Phi) is 11.1. The molecule has 3 atom stereocenters. The van der Waals surface area contributed by atoms with Crippen molar-refractivity contribution in [2.24, 2.45) is 22.7 Å². The van der Waals surface area contributed by atoms with Gasteiger partial charge in [0.05, 0.1) is 0 Å². The van der Waals surface area contributed by atoms with Gasteiger partial charge in [-0.1, -0.05) is 0 Å². The molecule has 0 N–H and O–H groups in total. The van der Waals surface area contributed by atoms with Gasteiger partial charge in [0.2, 0.25) is 0 Å². The Bertz CT molecular complexity index is 2230. The van der Waals surface area contributed by atoms with E-state index in [-0.39, 0.29) is 24.1 Å². The third kappa shape index (κ3) is 7.42. The Morgan fingerprint density at radius 2 is 1.03 bits per heavy atom. The standard InChI is InChI=1S/2C25H27.C4H8F3Si.2ClH.Zr/c2*1-2-18-6-8-21(9-7-18)23-5-3-4-22-14-20(15-24(22)23)17-25-12-10-19(16-25)11-13-25;1-8-3-2-4(5,6)7;;;/h2*3-9,14-15,19H,2,10-13,16-17H2,1H3;8H,2-3H2,1H3;2*1H;/q;;;;;+2/p-2. The molecule has 6 aliphatic carbocycles. The summed E-state index contributed by atoms with van der Waals surface area (Å²) in [6, 6.07) is 31.4. The molecule has 10 rings (SSSR count). The second-order valence-corrected chi connectivity index (χ2v) is 62.3. The van der Waals surface area contributed by atoms with Crippen molar-refractivity contribution in [1.82, 2.24) is 0 Å². The summed E-state index contributed by atoms with van der Waals surface area (Å²) in [6.07, 6.45) is 16.2. The molecular formula is C54H62Cl2F3SiZr. The summed E-state index contributed by atoms with van der Waals surface area (Å²) in [5, 5.41) is 0. The number of hydrogen-bond acceptors (Lipinski definition) is 0. The number of allylic oxidation sites excluding steroid dienone is 2. The van der Waals surface area contributed by atoms with Crippen LogP contribution in [0.5, 0.6) is 0 Å². The van der Waals surface area contributed by atoms with Crippen LogP contribution in [0, 0.1) is 22.7 Å². The fourth-order valence-electron chi connectivity index (χ4n) is 14.3. The van der Waals surface area contributed by atoms with E-state index >= 15 is 0 Å². The number of alkyl halides is 3. The third-order valence-corrected chi connectivity index (χ3v) is 67.6. The Morgan fingerprint density at radius 3 is 1.38 bits per heavy atom. The van der Waals surface area contributed by atoms with Crippen molar-refractivity contribution < 1.29 is 28.7 Å². The minimum absolute atomic E-state index is 0.0801. The summed E-state index contributed by atoms with van der Waals surface area (Å²) < 4.78 is 43.3. The average Bonchev–Trinajstić information content (AvgIpc) is 4.13. The molecule has 6 aliphatic rings. The molecule has 321 valence electrons. The Labute approximate surface area is 371 Å². The molecule has 4 aromatic rings. The van der Waals surface area contributed by atoms with E-state index in [9.17, 15) is 13.2 Å². The van der Waals surface area contributed by atoms with Crippen LogP contribution in [0.3, 0.4) is 0 Å². The van der Waals surface area contributed by atoms with Gasteiger partial charge in [-0.3, -0.25) is 0 Å². The zero-order valence-electron chi connectivity index (χ0n) is 36.3. The molecule has 0 nitrogen and oxygen atoms in total. The number of aryl methyl sites for hydroxylation is 2. The van der Waals surface area contributed by atoms with Crippen LogP contribution in [0.4, 0.5) is 13.2 Å². The molecule has 0 amide bonds. The Hall–Kier alpha value is -2.17. The summed E-state index contributed by atoms with van der Waals surface area (Å²) in [4.78, 5) is 0. The van der Waals surface area contributed by atoms with Crippen molar-refractivity contribution in [3.05, 3.63) is 129 Å². The SMILES string of the molecule is CCc1ccc(-c2cccc3c2C=C(CC24CCC(CC2)C4)[CH]3[Zr]([Cl])([Cl])([CH]2C(CC34CCC(CC3)C4)=Cc3c(-c4ccc(CC)cc4)cccc32)[SiH](C)CCC(F)(F)F)cc1. The quantitative estimate of drug-likeness (QED) is 0.117. The average molecular weight is 958 g/mol. The Morgan fingerprint density at radius 1 is 0.623 bits per heavy atom. The minimum atomic E-state index is -5.71. The van der Waals surface area contributed by atoms with Crippen LogP contribution in [-0.4, -0.2) is 12.1 Å². The molecule has 0 radical (unpaired) electrons. The van der Waals surface area contributed by atoms with Gasteiger partial charge in [-0.05, 0) is 0 Å². The van der Waals surface area contributed by atoms with E-state index in [1.807, 2.05) is 0 Å². The summed E-state index contributed by atoms with van der Waals surface area (Å²) in [7, 11) is 18.3. The molecule has 0 heterocycles. The normalized spacial score (nSPS) is 28.7. The van der Waals surface area contributed by atoms with Gasteiger partial charge in [-0.25, -0.2) is 0 Å². The molecular weight excluding hydrogens is 896 g/mol. The molecule has 0 aliphatic heterocycles. The van der Waals surface area contributed by atoms with Crippen molar-refractivity contribution >= 4 is 35.1 Å². The predicted molar refractivity (Wildman–Crippen MR) is 251 cm³/mol. The monoisotopic (exact) mass is 955 g/mol. The van der Waals surface area contributed by atoms with Crippen LogP contribution in [0.15, 0.2) is 96.1 Å². The number of rotatable bonds is 13. The van der Waals surface area contributed by atoms with E-state index in [0.717, 1.165) is 37.5 Å². The summed E-state index contributed by atoms with van der Waals surface area (Å²) in [5.41, 5.74) is 15.2. The zero-order chi connectivity index (χ0) is 42.4. The fraction of sp³-hybridized carbons (Fsp3) is 0.481. The van der Waals surface area contributed by atoms with Crippen LogP contribution in [0.25, 0.3) is 34.4 Å². The van der Waals surface area contributed by atoms with E-state index in [2.05, 4.69) is 117 Å². The number of hydrogen-bond donors (Lipinski definition) is 0. The second-order valence-electron chi connectivity index (χ2n) is 21.0. The topological polar surface area (TPSA) is 0 Å². The molecule has 4 fully saturated rings. The van der Waals surface area contributed by atoms with E-state index in [1.165, 1.54) is 131 Å². The van der Waals surface area contributed by atoms with E-state index in [1.54, 1.807) is 0 Å². The van der Waals surface area contributed by atoms with Crippen LogP contribution in [0.1, 0.15) is 138 Å². The van der Waals surface area contributed by atoms with Crippen molar-refractivity contribution in [3.63, 3.8) is 0 Å². The van der Waals surface area contributed by atoms with E-state index < -0.39 is 34.1 Å². The first-order valence-electron chi connectivity index (χ1n) is 23.7. The molecule has 0 aromatic heterocycles. The molecule has 4 aromatic carbocycles. The summed E-state index contributed by atoms with van der Waals surface area (Å²) in [6.45, 7) is 6.56. The van der Waals surface area contributed by atoms with Gasteiger partial charge in [0.25, 0.3) is 0 Å². The molecule has 61 heavy (non-hydrogen) atoms. The first-order valence-corrected chi connectivity index (χ1v) is 39.7. The molecule has 4 bridgehead atoms. The van der Waals surface area contributed by atoms with Crippen LogP contribution in [0.2, 0.25) is 12.6 Å². The molecule has 7 heteroatoms. The van der Waals surface area contributed by atoms with Gasteiger partial charge >= 0.3 is 374 Å². The molecule has 0 spiro atoms. The van der Waals surface area contributed by atoms with Crippen LogP contribution in [-0.2, 0) is 28.4 Å². The van der Waals surface area contributed by atoms with Crippen LogP contribution >= 0.6 is 17.0 Å². The number of halogens is 5. The maximum absolute atomic E-state index is 14.6. The van der Waals surface area contributed by atoms with Crippen molar-refractivity contribution in [2.75, 3.05) is 0 Å². The molecule has 3 unspecified atom stereocenters. The first-order chi connectivity index (χ1) is 29.2. The third-order valence-electron chi connectivity index (χ3n) is 17.5. The Balaban J connectivity index is 1.20.